The van der Waals surface area contributed by atoms with Gasteiger partial charge in [-0.3, -0.25) is 0 Å². The number of ether oxygens (including phenoxy) is 1. The highest BCUT2D eigenvalue weighted by atomic mass is 79.9. The summed E-state index contributed by atoms with van der Waals surface area (Å²) in [6.07, 6.45) is 4.73. The van der Waals surface area contributed by atoms with Gasteiger partial charge in [-0.15, -0.1) is 0 Å². The SMILES string of the molecule is CCCNCc1cc(OCc2cncn2C)ccc1Br. The van der Waals surface area contributed by atoms with E-state index in [0.717, 1.165) is 35.4 Å². The Kier molecular flexibility index (Phi) is 5.61. The Morgan fingerprint density at radius 3 is 2.95 bits per heavy atom. The molecule has 0 bridgehead atoms. The van der Waals surface area contributed by atoms with Crippen LogP contribution < -0.4 is 10.1 Å². The Morgan fingerprint density at radius 1 is 1.40 bits per heavy atom. The lowest BCUT2D eigenvalue weighted by Crippen LogP contribution is -2.14. The van der Waals surface area contributed by atoms with Gasteiger partial charge in [-0.05, 0) is 36.7 Å². The number of benzene rings is 1. The van der Waals surface area contributed by atoms with Crippen LogP contribution in [0.25, 0.3) is 0 Å². The first-order valence-corrected chi connectivity index (χ1v) is 7.57. The molecule has 1 N–H and O–H groups in total. The van der Waals surface area contributed by atoms with Gasteiger partial charge in [0.25, 0.3) is 0 Å². The van der Waals surface area contributed by atoms with Crippen LogP contribution in [0.15, 0.2) is 35.2 Å². The molecule has 0 amide bonds. The zero-order valence-electron chi connectivity index (χ0n) is 11.9. The zero-order valence-corrected chi connectivity index (χ0v) is 13.5. The number of aryl methyl sites for hydroxylation is 1. The summed E-state index contributed by atoms with van der Waals surface area (Å²) in [6, 6.07) is 6.08. The lowest BCUT2D eigenvalue weighted by Gasteiger charge is -2.10. The van der Waals surface area contributed by atoms with E-state index in [-0.39, 0.29) is 0 Å². The average molecular weight is 338 g/mol. The molecule has 0 radical (unpaired) electrons. The summed E-state index contributed by atoms with van der Waals surface area (Å²) in [4.78, 5) is 4.08. The van der Waals surface area contributed by atoms with Gasteiger partial charge in [0, 0.05) is 18.1 Å². The maximum atomic E-state index is 5.82. The van der Waals surface area contributed by atoms with Gasteiger partial charge < -0.3 is 14.6 Å². The fourth-order valence-corrected chi connectivity index (χ4v) is 2.24. The first kappa shape index (κ1) is 15.1. The average Bonchev–Trinajstić information content (AvgIpc) is 2.85. The summed E-state index contributed by atoms with van der Waals surface area (Å²) in [5.41, 5.74) is 2.26. The Hall–Kier alpha value is -1.33. The quantitative estimate of drug-likeness (QED) is 0.788. The smallest absolute Gasteiger partial charge is 0.130 e. The topological polar surface area (TPSA) is 39.1 Å². The normalized spacial score (nSPS) is 10.8. The fraction of sp³-hybridized carbons (Fsp3) is 0.400. The summed E-state index contributed by atoms with van der Waals surface area (Å²) in [5.74, 6) is 0.877. The van der Waals surface area contributed by atoms with Crippen LogP contribution >= 0.6 is 15.9 Å². The number of aromatic nitrogens is 2. The highest BCUT2D eigenvalue weighted by Crippen LogP contribution is 2.23. The number of nitrogens with one attached hydrogen (secondary N) is 1. The molecule has 2 aromatic rings. The molecule has 0 saturated carbocycles. The summed E-state index contributed by atoms with van der Waals surface area (Å²) >= 11 is 3.57. The second kappa shape index (κ2) is 7.45. The van der Waals surface area contributed by atoms with Crippen LogP contribution in [-0.2, 0) is 20.2 Å². The van der Waals surface area contributed by atoms with Gasteiger partial charge in [0.05, 0.1) is 18.2 Å². The summed E-state index contributed by atoms with van der Waals surface area (Å²) < 4.78 is 8.89. The molecule has 0 aliphatic rings. The van der Waals surface area contributed by atoms with Crippen molar-refractivity contribution in [2.45, 2.75) is 26.5 Å². The fourth-order valence-electron chi connectivity index (χ4n) is 1.86. The minimum Gasteiger partial charge on any atom is -0.487 e. The lowest BCUT2D eigenvalue weighted by molar-refractivity contribution is 0.296. The van der Waals surface area contributed by atoms with Gasteiger partial charge in [-0.2, -0.15) is 0 Å². The molecule has 108 valence electrons. The van der Waals surface area contributed by atoms with E-state index < -0.39 is 0 Å². The van der Waals surface area contributed by atoms with Crippen molar-refractivity contribution in [2.24, 2.45) is 7.05 Å². The minimum absolute atomic E-state index is 0.528. The Bertz CT molecular complexity index is 554. The number of rotatable bonds is 7. The van der Waals surface area contributed by atoms with Crippen molar-refractivity contribution in [1.29, 1.82) is 0 Å². The van der Waals surface area contributed by atoms with E-state index in [9.17, 15) is 0 Å². The van der Waals surface area contributed by atoms with E-state index in [1.54, 1.807) is 6.33 Å². The predicted molar refractivity (Wildman–Crippen MR) is 83.7 cm³/mol. The molecule has 0 aliphatic carbocycles. The van der Waals surface area contributed by atoms with Crippen LogP contribution in [-0.4, -0.2) is 16.1 Å². The Balaban J connectivity index is 1.98. The monoisotopic (exact) mass is 337 g/mol. The second-order valence-electron chi connectivity index (χ2n) is 4.71. The molecule has 0 saturated heterocycles. The molecule has 5 heteroatoms. The molecule has 2 rings (SSSR count). The minimum atomic E-state index is 0.528. The number of hydrogen-bond donors (Lipinski definition) is 1. The molecule has 1 aromatic heterocycles. The van der Waals surface area contributed by atoms with Gasteiger partial charge in [-0.1, -0.05) is 22.9 Å². The maximum Gasteiger partial charge on any atom is 0.130 e. The third kappa shape index (κ3) is 4.08. The first-order chi connectivity index (χ1) is 9.70. The van der Waals surface area contributed by atoms with Crippen LogP contribution in [0.2, 0.25) is 0 Å². The van der Waals surface area contributed by atoms with E-state index >= 15 is 0 Å². The number of nitrogens with zero attached hydrogens (tertiary/aromatic N) is 2. The Morgan fingerprint density at radius 2 is 2.25 bits per heavy atom. The van der Waals surface area contributed by atoms with Crippen molar-refractivity contribution in [3.05, 3.63) is 46.5 Å². The van der Waals surface area contributed by atoms with E-state index in [1.165, 1.54) is 5.56 Å². The number of hydrogen-bond acceptors (Lipinski definition) is 3. The van der Waals surface area contributed by atoms with Gasteiger partial charge in [0.1, 0.15) is 12.4 Å². The van der Waals surface area contributed by atoms with Crippen LogP contribution in [0.5, 0.6) is 5.75 Å². The molecule has 0 spiro atoms. The molecule has 0 atom stereocenters. The molecule has 1 aromatic carbocycles. The third-order valence-corrected chi connectivity index (χ3v) is 3.84. The molecular formula is C15H20BrN3O. The van der Waals surface area contributed by atoms with Crippen molar-refractivity contribution >= 4 is 15.9 Å². The molecule has 0 fully saturated rings. The summed E-state index contributed by atoms with van der Waals surface area (Å²) in [5, 5.41) is 3.40. The van der Waals surface area contributed by atoms with Crippen molar-refractivity contribution in [3.8, 4) is 5.75 Å². The molecule has 20 heavy (non-hydrogen) atoms. The standard InChI is InChI=1S/C15H20BrN3O/c1-3-6-17-8-12-7-14(4-5-15(12)16)20-10-13-9-18-11-19(13)2/h4-5,7,9,11,17H,3,6,8,10H2,1-2H3. The molecule has 4 nitrogen and oxygen atoms in total. The third-order valence-electron chi connectivity index (χ3n) is 3.06. The van der Waals surface area contributed by atoms with E-state index in [0.29, 0.717) is 6.61 Å². The van der Waals surface area contributed by atoms with E-state index in [1.807, 2.05) is 29.9 Å². The van der Waals surface area contributed by atoms with Crippen molar-refractivity contribution < 1.29 is 4.74 Å². The largest absolute Gasteiger partial charge is 0.487 e. The highest BCUT2D eigenvalue weighted by Gasteiger charge is 2.04. The van der Waals surface area contributed by atoms with Crippen molar-refractivity contribution in [1.82, 2.24) is 14.9 Å². The number of halogens is 1. The molecule has 0 aliphatic heterocycles. The molecule has 1 heterocycles. The highest BCUT2D eigenvalue weighted by molar-refractivity contribution is 9.10. The predicted octanol–water partition coefficient (Wildman–Crippen LogP) is 3.26. The van der Waals surface area contributed by atoms with Gasteiger partial charge in [0.15, 0.2) is 0 Å². The van der Waals surface area contributed by atoms with Crippen LogP contribution in [0.3, 0.4) is 0 Å². The zero-order chi connectivity index (χ0) is 14.4. The second-order valence-corrected chi connectivity index (χ2v) is 5.57. The maximum absolute atomic E-state index is 5.82. The van der Waals surface area contributed by atoms with Crippen molar-refractivity contribution in [3.63, 3.8) is 0 Å². The van der Waals surface area contributed by atoms with Gasteiger partial charge >= 0.3 is 0 Å². The van der Waals surface area contributed by atoms with E-state index in [2.05, 4.69) is 39.2 Å². The van der Waals surface area contributed by atoms with Crippen LogP contribution in [0.4, 0.5) is 0 Å². The summed E-state index contributed by atoms with van der Waals surface area (Å²) in [7, 11) is 1.97. The van der Waals surface area contributed by atoms with E-state index in [4.69, 9.17) is 4.74 Å². The first-order valence-electron chi connectivity index (χ1n) is 6.78. The van der Waals surface area contributed by atoms with Crippen LogP contribution in [0, 0.1) is 0 Å². The Labute approximate surface area is 128 Å². The molecule has 0 unspecified atom stereocenters. The lowest BCUT2D eigenvalue weighted by atomic mass is 10.2. The molecular weight excluding hydrogens is 318 g/mol. The van der Waals surface area contributed by atoms with Crippen molar-refractivity contribution in [2.75, 3.05) is 6.54 Å². The summed E-state index contributed by atoms with van der Waals surface area (Å²) in [6.45, 7) is 4.55. The van der Waals surface area contributed by atoms with Gasteiger partial charge in [0.2, 0.25) is 0 Å². The van der Waals surface area contributed by atoms with Gasteiger partial charge in [-0.25, -0.2) is 4.98 Å². The number of imidazole rings is 1. The van der Waals surface area contributed by atoms with Crippen LogP contribution in [0.1, 0.15) is 24.6 Å².